The van der Waals surface area contributed by atoms with Crippen LogP contribution in [0.15, 0.2) is 46.9 Å². The normalized spacial score (nSPS) is 10.8. The molecule has 0 saturated carbocycles. The van der Waals surface area contributed by atoms with Crippen molar-refractivity contribution in [1.82, 2.24) is 9.27 Å². The maximum atomic E-state index is 4.63. The molecule has 0 saturated heterocycles. The molecule has 0 aliphatic carbocycles. The largest absolute Gasteiger partial charge is 0.308 e. The Morgan fingerprint density at radius 2 is 1.91 bits per heavy atom. The molecule has 4 heteroatoms. The standard InChI is InChI=1S/C19H17BrN2S/c1-22(2)12-4-3-5-14-6-11-17-18(13-14)23-21-19(17)15-7-9-16(20)10-8-15/h6-11,13H,4,12H2,1-2H3. The summed E-state index contributed by atoms with van der Waals surface area (Å²) in [5.41, 5.74) is 3.25. The SMILES string of the molecule is CN(C)CCC#Cc1ccc2c(-c3ccc(Br)cc3)nsc2c1. The lowest BCUT2D eigenvalue weighted by atomic mass is 10.1. The monoisotopic (exact) mass is 384 g/mol. The van der Waals surface area contributed by atoms with Gasteiger partial charge in [0.25, 0.3) is 0 Å². The van der Waals surface area contributed by atoms with Crippen molar-refractivity contribution in [2.75, 3.05) is 20.6 Å². The number of fused-ring (bicyclic) bond motifs is 1. The van der Waals surface area contributed by atoms with Gasteiger partial charge in [0.2, 0.25) is 0 Å². The van der Waals surface area contributed by atoms with Crippen LogP contribution in [0.2, 0.25) is 0 Å². The average molecular weight is 385 g/mol. The van der Waals surface area contributed by atoms with Crippen LogP contribution in [0.5, 0.6) is 0 Å². The molecule has 0 aliphatic rings. The molecule has 116 valence electrons. The molecule has 2 nitrogen and oxygen atoms in total. The van der Waals surface area contributed by atoms with Gasteiger partial charge in [0, 0.05) is 34.0 Å². The van der Waals surface area contributed by atoms with Crippen LogP contribution in [0.1, 0.15) is 12.0 Å². The van der Waals surface area contributed by atoms with Crippen LogP contribution in [-0.4, -0.2) is 29.9 Å². The number of aromatic nitrogens is 1. The Labute approximate surface area is 149 Å². The zero-order chi connectivity index (χ0) is 16.2. The van der Waals surface area contributed by atoms with Crippen molar-refractivity contribution >= 4 is 37.5 Å². The van der Waals surface area contributed by atoms with Crippen LogP contribution in [0.25, 0.3) is 21.3 Å². The van der Waals surface area contributed by atoms with Crippen molar-refractivity contribution in [3.8, 4) is 23.1 Å². The van der Waals surface area contributed by atoms with Crippen molar-refractivity contribution in [1.29, 1.82) is 0 Å². The van der Waals surface area contributed by atoms with E-state index in [-0.39, 0.29) is 0 Å². The molecule has 0 atom stereocenters. The van der Waals surface area contributed by atoms with Gasteiger partial charge < -0.3 is 4.90 Å². The van der Waals surface area contributed by atoms with E-state index in [0.29, 0.717) is 0 Å². The number of hydrogen-bond donors (Lipinski definition) is 0. The Kier molecular flexibility index (Phi) is 5.12. The fourth-order valence-electron chi connectivity index (χ4n) is 2.28. The summed E-state index contributed by atoms with van der Waals surface area (Å²) < 4.78 is 6.89. The fourth-order valence-corrected chi connectivity index (χ4v) is 3.38. The maximum Gasteiger partial charge on any atom is 0.0919 e. The first-order valence-corrected chi connectivity index (χ1v) is 8.99. The van der Waals surface area contributed by atoms with Crippen molar-refractivity contribution in [2.24, 2.45) is 0 Å². The van der Waals surface area contributed by atoms with Crippen molar-refractivity contribution in [3.63, 3.8) is 0 Å². The zero-order valence-corrected chi connectivity index (χ0v) is 15.5. The van der Waals surface area contributed by atoms with Gasteiger partial charge in [0.05, 0.1) is 10.4 Å². The van der Waals surface area contributed by atoms with E-state index in [2.05, 4.69) is 81.5 Å². The lowest BCUT2D eigenvalue weighted by Gasteiger charge is -2.04. The molecule has 0 N–H and O–H groups in total. The van der Waals surface area contributed by atoms with Gasteiger partial charge in [-0.25, -0.2) is 0 Å². The van der Waals surface area contributed by atoms with Gasteiger partial charge in [0.15, 0.2) is 0 Å². The lowest BCUT2D eigenvalue weighted by molar-refractivity contribution is 0.420. The van der Waals surface area contributed by atoms with E-state index in [0.717, 1.165) is 34.3 Å². The van der Waals surface area contributed by atoms with Gasteiger partial charge in [0.1, 0.15) is 0 Å². The molecule has 0 spiro atoms. The van der Waals surface area contributed by atoms with Crippen LogP contribution >= 0.6 is 27.5 Å². The summed E-state index contributed by atoms with van der Waals surface area (Å²) in [7, 11) is 4.13. The summed E-state index contributed by atoms with van der Waals surface area (Å²) in [6, 6.07) is 14.6. The third kappa shape index (κ3) is 4.00. The highest BCUT2D eigenvalue weighted by Gasteiger charge is 2.08. The third-order valence-corrected chi connectivity index (χ3v) is 4.84. The van der Waals surface area contributed by atoms with E-state index in [9.17, 15) is 0 Å². The van der Waals surface area contributed by atoms with E-state index < -0.39 is 0 Å². The van der Waals surface area contributed by atoms with Crippen molar-refractivity contribution in [2.45, 2.75) is 6.42 Å². The molecule has 0 amide bonds. The highest BCUT2D eigenvalue weighted by Crippen LogP contribution is 2.31. The number of benzene rings is 2. The Balaban J connectivity index is 1.87. The van der Waals surface area contributed by atoms with Crippen LogP contribution in [0, 0.1) is 11.8 Å². The lowest BCUT2D eigenvalue weighted by Crippen LogP contribution is -2.11. The van der Waals surface area contributed by atoms with Gasteiger partial charge in [-0.05, 0) is 49.9 Å². The summed E-state index contributed by atoms with van der Waals surface area (Å²) in [6.45, 7) is 0.990. The van der Waals surface area contributed by atoms with E-state index in [1.807, 2.05) is 12.1 Å². The Morgan fingerprint density at radius 3 is 2.65 bits per heavy atom. The van der Waals surface area contributed by atoms with E-state index in [1.54, 1.807) is 0 Å². The molecule has 1 aromatic heterocycles. The van der Waals surface area contributed by atoms with Gasteiger partial charge >= 0.3 is 0 Å². The second-order valence-corrected chi connectivity index (χ2v) is 7.32. The summed E-state index contributed by atoms with van der Waals surface area (Å²) in [5, 5.41) is 1.19. The Hall–Kier alpha value is -1.67. The van der Waals surface area contributed by atoms with Crippen LogP contribution in [0.4, 0.5) is 0 Å². The second-order valence-electron chi connectivity index (χ2n) is 5.60. The molecule has 0 bridgehead atoms. The Bertz CT molecular complexity index is 870. The minimum absolute atomic E-state index is 0.887. The smallest absolute Gasteiger partial charge is 0.0919 e. The molecule has 3 rings (SSSR count). The molecule has 23 heavy (non-hydrogen) atoms. The van der Waals surface area contributed by atoms with Gasteiger partial charge in [-0.1, -0.05) is 46.0 Å². The third-order valence-electron chi connectivity index (χ3n) is 3.51. The maximum absolute atomic E-state index is 4.63. The predicted molar refractivity (Wildman–Crippen MR) is 103 cm³/mol. The summed E-state index contributed by atoms with van der Waals surface area (Å²) in [5.74, 6) is 6.47. The zero-order valence-electron chi connectivity index (χ0n) is 13.1. The molecule has 0 radical (unpaired) electrons. The first kappa shape index (κ1) is 16.2. The van der Waals surface area contributed by atoms with Crippen molar-refractivity contribution in [3.05, 3.63) is 52.5 Å². The highest BCUT2D eigenvalue weighted by atomic mass is 79.9. The number of nitrogens with zero attached hydrogens (tertiary/aromatic N) is 2. The molecule has 0 unspecified atom stereocenters. The van der Waals surface area contributed by atoms with Gasteiger partial charge in [-0.2, -0.15) is 4.37 Å². The van der Waals surface area contributed by atoms with E-state index >= 15 is 0 Å². The predicted octanol–water partition coefficient (Wildman–Crippen LogP) is 5.03. The minimum atomic E-state index is 0.887. The van der Waals surface area contributed by atoms with Crippen LogP contribution in [0.3, 0.4) is 0 Å². The second kappa shape index (κ2) is 7.27. The first-order valence-electron chi connectivity index (χ1n) is 7.42. The Morgan fingerprint density at radius 1 is 1.13 bits per heavy atom. The number of rotatable bonds is 3. The molecule has 1 heterocycles. The molecular formula is C19H17BrN2S. The van der Waals surface area contributed by atoms with Crippen LogP contribution in [-0.2, 0) is 0 Å². The molecule has 2 aromatic carbocycles. The minimum Gasteiger partial charge on any atom is -0.308 e. The molecular weight excluding hydrogens is 368 g/mol. The first-order chi connectivity index (χ1) is 11.1. The topological polar surface area (TPSA) is 16.1 Å². The molecule has 3 aromatic rings. The summed E-state index contributed by atoms with van der Waals surface area (Å²) in [6.07, 6.45) is 0.887. The fraction of sp³-hybridized carbons (Fsp3) is 0.211. The van der Waals surface area contributed by atoms with Gasteiger partial charge in [-0.3, -0.25) is 0 Å². The van der Waals surface area contributed by atoms with E-state index in [4.69, 9.17) is 0 Å². The van der Waals surface area contributed by atoms with Crippen molar-refractivity contribution < 1.29 is 0 Å². The highest BCUT2D eigenvalue weighted by molar-refractivity contribution is 9.10. The van der Waals surface area contributed by atoms with Gasteiger partial charge in [-0.15, -0.1) is 0 Å². The average Bonchev–Trinajstić information content (AvgIpc) is 2.95. The summed E-state index contributed by atoms with van der Waals surface area (Å²) >= 11 is 5.00. The number of halogens is 1. The van der Waals surface area contributed by atoms with E-state index in [1.165, 1.54) is 21.6 Å². The number of hydrogen-bond acceptors (Lipinski definition) is 3. The van der Waals surface area contributed by atoms with Crippen LogP contribution < -0.4 is 0 Å². The molecule has 0 fully saturated rings. The molecule has 0 aliphatic heterocycles. The quantitative estimate of drug-likeness (QED) is 0.588. The summed E-state index contributed by atoms with van der Waals surface area (Å²) in [4.78, 5) is 2.14.